The van der Waals surface area contributed by atoms with E-state index in [1.54, 1.807) is 0 Å². The van der Waals surface area contributed by atoms with Crippen molar-refractivity contribution in [3.8, 4) is 5.82 Å². The van der Waals surface area contributed by atoms with Crippen LogP contribution in [0.3, 0.4) is 0 Å². The number of aromatic nitrogens is 4. The monoisotopic (exact) mass is 259 g/mol. The Balaban J connectivity index is 2.34. The Kier molecular flexibility index (Phi) is 4.49. The van der Waals surface area contributed by atoms with Crippen LogP contribution >= 0.6 is 0 Å². The summed E-state index contributed by atoms with van der Waals surface area (Å²) in [5.74, 6) is 2.64. The molecule has 0 aliphatic carbocycles. The summed E-state index contributed by atoms with van der Waals surface area (Å²) in [6.45, 7) is 7.18. The summed E-state index contributed by atoms with van der Waals surface area (Å²) in [7, 11) is 0. The van der Waals surface area contributed by atoms with Crippen LogP contribution in [0.25, 0.3) is 5.82 Å². The SMILES string of the molecule is CCCNc1ncc(C)c(-n2ccnc2CCC)n1. The van der Waals surface area contributed by atoms with Gasteiger partial charge in [-0.2, -0.15) is 4.98 Å². The number of rotatable bonds is 6. The van der Waals surface area contributed by atoms with Gasteiger partial charge >= 0.3 is 0 Å². The number of hydrogen-bond donors (Lipinski definition) is 1. The molecule has 2 heterocycles. The standard InChI is InChI=1S/C14H21N5/c1-4-6-12-15-8-9-19(12)13-11(3)10-17-14(18-13)16-7-5-2/h8-10H,4-7H2,1-3H3,(H,16,17,18). The minimum absolute atomic E-state index is 0.679. The molecular formula is C14H21N5. The summed E-state index contributed by atoms with van der Waals surface area (Å²) < 4.78 is 2.05. The average molecular weight is 259 g/mol. The first-order valence-electron chi connectivity index (χ1n) is 6.86. The zero-order valence-corrected chi connectivity index (χ0v) is 11.8. The summed E-state index contributed by atoms with van der Waals surface area (Å²) in [5.41, 5.74) is 1.05. The fourth-order valence-corrected chi connectivity index (χ4v) is 1.93. The highest BCUT2D eigenvalue weighted by atomic mass is 15.2. The molecule has 0 unspecified atom stereocenters. The maximum atomic E-state index is 4.60. The Morgan fingerprint density at radius 3 is 2.79 bits per heavy atom. The highest BCUT2D eigenvalue weighted by Crippen LogP contribution is 2.15. The van der Waals surface area contributed by atoms with Crippen LogP contribution in [0.15, 0.2) is 18.6 Å². The number of hydrogen-bond acceptors (Lipinski definition) is 4. The third-order valence-electron chi connectivity index (χ3n) is 2.90. The molecule has 0 aliphatic heterocycles. The quantitative estimate of drug-likeness (QED) is 0.866. The molecule has 0 aromatic carbocycles. The topological polar surface area (TPSA) is 55.6 Å². The van der Waals surface area contributed by atoms with Crippen LogP contribution in [0.1, 0.15) is 38.1 Å². The smallest absolute Gasteiger partial charge is 0.224 e. The molecule has 0 saturated heterocycles. The molecule has 0 spiro atoms. The van der Waals surface area contributed by atoms with Crippen molar-refractivity contribution in [2.75, 3.05) is 11.9 Å². The predicted molar refractivity (Wildman–Crippen MR) is 76.7 cm³/mol. The Bertz CT molecular complexity index is 532. The molecule has 2 aromatic rings. The van der Waals surface area contributed by atoms with Gasteiger partial charge in [-0.15, -0.1) is 0 Å². The zero-order valence-electron chi connectivity index (χ0n) is 11.8. The minimum atomic E-state index is 0.679. The lowest BCUT2D eigenvalue weighted by atomic mass is 10.3. The lowest BCUT2D eigenvalue weighted by Gasteiger charge is -2.11. The van der Waals surface area contributed by atoms with Crippen molar-refractivity contribution in [3.05, 3.63) is 30.0 Å². The largest absolute Gasteiger partial charge is 0.354 e. The fraction of sp³-hybridized carbons (Fsp3) is 0.500. The van der Waals surface area contributed by atoms with E-state index in [1.807, 2.05) is 25.5 Å². The van der Waals surface area contributed by atoms with E-state index in [2.05, 4.69) is 38.7 Å². The van der Waals surface area contributed by atoms with E-state index in [4.69, 9.17) is 0 Å². The Morgan fingerprint density at radius 1 is 1.21 bits per heavy atom. The Morgan fingerprint density at radius 2 is 2.05 bits per heavy atom. The first kappa shape index (κ1) is 13.5. The molecule has 0 fully saturated rings. The van der Waals surface area contributed by atoms with Crippen LogP contribution < -0.4 is 5.32 Å². The zero-order chi connectivity index (χ0) is 13.7. The van der Waals surface area contributed by atoms with Gasteiger partial charge in [0.1, 0.15) is 11.6 Å². The van der Waals surface area contributed by atoms with Gasteiger partial charge in [-0.25, -0.2) is 9.97 Å². The number of aryl methyl sites for hydroxylation is 2. The number of nitrogens with one attached hydrogen (secondary N) is 1. The summed E-state index contributed by atoms with van der Waals surface area (Å²) >= 11 is 0. The molecular weight excluding hydrogens is 238 g/mol. The third-order valence-corrected chi connectivity index (χ3v) is 2.90. The molecule has 0 saturated carbocycles. The van der Waals surface area contributed by atoms with Crippen molar-refractivity contribution in [3.63, 3.8) is 0 Å². The van der Waals surface area contributed by atoms with Gasteiger partial charge < -0.3 is 5.32 Å². The number of imidazole rings is 1. The van der Waals surface area contributed by atoms with E-state index < -0.39 is 0 Å². The van der Waals surface area contributed by atoms with Gasteiger partial charge in [-0.3, -0.25) is 4.57 Å². The molecule has 5 nitrogen and oxygen atoms in total. The van der Waals surface area contributed by atoms with Gasteiger partial charge in [0.2, 0.25) is 5.95 Å². The van der Waals surface area contributed by atoms with Gasteiger partial charge in [0.25, 0.3) is 0 Å². The summed E-state index contributed by atoms with van der Waals surface area (Å²) in [6.07, 6.45) is 8.72. The van der Waals surface area contributed by atoms with Crippen molar-refractivity contribution in [1.82, 2.24) is 19.5 Å². The Hall–Kier alpha value is -1.91. The van der Waals surface area contributed by atoms with Gasteiger partial charge in [0, 0.05) is 37.1 Å². The van der Waals surface area contributed by atoms with E-state index in [0.29, 0.717) is 5.95 Å². The molecule has 0 atom stereocenters. The van der Waals surface area contributed by atoms with E-state index in [-0.39, 0.29) is 0 Å². The summed E-state index contributed by atoms with van der Waals surface area (Å²) in [6, 6.07) is 0. The molecule has 19 heavy (non-hydrogen) atoms. The second-order valence-corrected chi connectivity index (χ2v) is 4.59. The lowest BCUT2D eigenvalue weighted by Crippen LogP contribution is -2.10. The van der Waals surface area contributed by atoms with Gasteiger partial charge in [-0.05, 0) is 19.8 Å². The number of anilines is 1. The van der Waals surface area contributed by atoms with Crippen molar-refractivity contribution >= 4 is 5.95 Å². The molecule has 0 radical (unpaired) electrons. The molecule has 2 rings (SSSR count). The third kappa shape index (κ3) is 3.10. The maximum absolute atomic E-state index is 4.60. The fourth-order valence-electron chi connectivity index (χ4n) is 1.93. The molecule has 0 aliphatic rings. The minimum Gasteiger partial charge on any atom is -0.354 e. The van der Waals surface area contributed by atoms with Crippen molar-refractivity contribution in [1.29, 1.82) is 0 Å². The Labute approximate surface area is 114 Å². The molecule has 5 heteroatoms. The first-order valence-corrected chi connectivity index (χ1v) is 6.86. The van der Waals surface area contributed by atoms with Crippen LogP contribution in [0.2, 0.25) is 0 Å². The summed E-state index contributed by atoms with van der Waals surface area (Å²) in [5, 5.41) is 3.22. The van der Waals surface area contributed by atoms with Gasteiger partial charge in [0.15, 0.2) is 0 Å². The van der Waals surface area contributed by atoms with Crippen LogP contribution in [0.5, 0.6) is 0 Å². The average Bonchev–Trinajstić information content (AvgIpc) is 2.86. The second-order valence-electron chi connectivity index (χ2n) is 4.59. The molecule has 0 amide bonds. The number of nitrogens with zero attached hydrogens (tertiary/aromatic N) is 4. The van der Waals surface area contributed by atoms with Crippen LogP contribution in [0, 0.1) is 6.92 Å². The van der Waals surface area contributed by atoms with E-state index in [9.17, 15) is 0 Å². The van der Waals surface area contributed by atoms with E-state index in [1.165, 1.54) is 0 Å². The van der Waals surface area contributed by atoms with Crippen LogP contribution in [-0.4, -0.2) is 26.1 Å². The van der Waals surface area contributed by atoms with E-state index >= 15 is 0 Å². The summed E-state index contributed by atoms with van der Waals surface area (Å²) in [4.78, 5) is 13.3. The molecule has 102 valence electrons. The van der Waals surface area contributed by atoms with E-state index in [0.717, 1.165) is 43.0 Å². The van der Waals surface area contributed by atoms with Crippen molar-refractivity contribution in [2.45, 2.75) is 40.0 Å². The highest BCUT2D eigenvalue weighted by molar-refractivity contribution is 5.39. The highest BCUT2D eigenvalue weighted by Gasteiger charge is 2.09. The van der Waals surface area contributed by atoms with Gasteiger partial charge in [0.05, 0.1) is 0 Å². The normalized spacial score (nSPS) is 10.7. The van der Waals surface area contributed by atoms with Crippen molar-refractivity contribution in [2.24, 2.45) is 0 Å². The van der Waals surface area contributed by atoms with Gasteiger partial charge in [-0.1, -0.05) is 13.8 Å². The molecule has 0 bridgehead atoms. The van der Waals surface area contributed by atoms with Crippen LogP contribution in [0.4, 0.5) is 5.95 Å². The maximum Gasteiger partial charge on any atom is 0.224 e. The first-order chi connectivity index (χ1) is 9.26. The molecule has 1 N–H and O–H groups in total. The second kappa shape index (κ2) is 6.31. The predicted octanol–water partition coefficient (Wildman–Crippen LogP) is 2.75. The van der Waals surface area contributed by atoms with Crippen molar-refractivity contribution < 1.29 is 0 Å². The van der Waals surface area contributed by atoms with Crippen LogP contribution in [-0.2, 0) is 6.42 Å². The molecule has 2 aromatic heterocycles. The lowest BCUT2D eigenvalue weighted by molar-refractivity contribution is 0.791.